The molecule has 0 aliphatic heterocycles. The highest BCUT2D eigenvalue weighted by molar-refractivity contribution is 5.94. The summed E-state index contributed by atoms with van der Waals surface area (Å²) in [6.45, 7) is 1.48. The summed E-state index contributed by atoms with van der Waals surface area (Å²) in [5.74, 6) is -1.43. The zero-order valence-electron chi connectivity index (χ0n) is 21.6. The van der Waals surface area contributed by atoms with Gasteiger partial charge in [-0.25, -0.2) is 15.0 Å². The minimum atomic E-state index is -0.983. The molecule has 0 fully saturated rings. The van der Waals surface area contributed by atoms with Gasteiger partial charge in [0, 0.05) is 23.8 Å². The highest BCUT2D eigenvalue weighted by atomic mass is 16.6. The Morgan fingerprint density at radius 3 is 1.95 bits per heavy atom. The quantitative estimate of drug-likeness (QED) is 0.0954. The van der Waals surface area contributed by atoms with Crippen molar-refractivity contribution in [3.8, 4) is 17.2 Å². The lowest BCUT2D eigenvalue weighted by molar-refractivity contribution is -0.384. The molecule has 0 aliphatic rings. The molecule has 1 unspecified atom stereocenters. The van der Waals surface area contributed by atoms with Crippen LogP contribution in [0, 0.1) is 10.1 Å². The van der Waals surface area contributed by atoms with Gasteiger partial charge in [-0.05, 0) is 55.5 Å². The van der Waals surface area contributed by atoms with Crippen molar-refractivity contribution in [2.45, 2.75) is 13.0 Å². The van der Waals surface area contributed by atoms with E-state index >= 15 is 0 Å². The van der Waals surface area contributed by atoms with E-state index in [1.807, 2.05) is 0 Å². The van der Waals surface area contributed by atoms with Crippen LogP contribution in [0.2, 0.25) is 0 Å². The number of hydrogen-bond donors (Lipinski definition) is 1. The van der Waals surface area contributed by atoms with Crippen LogP contribution >= 0.6 is 0 Å². The number of nitrogens with one attached hydrogen (secondary N) is 1. The third-order valence-corrected chi connectivity index (χ3v) is 5.53. The van der Waals surface area contributed by atoms with Crippen molar-refractivity contribution in [2.75, 3.05) is 0 Å². The zero-order valence-corrected chi connectivity index (χ0v) is 21.6. The number of hydrazone groups is 1. The van der Waals surface area contributed by atoms with Gasteiger partial charge in [0.1, 0.15) is 17.2 Å². The molecule has 4 aromatic rings. The van der Waals surface area contributed by atoms with Gasteiger partial charge in [-0.3, -0.25) is 14.9 Å². The van der Waals surface area contributed by atoms with Crippen molar-refractivity contribution in [3.05, 3.63) is 130 Å². The molecule has 1 amide bonds. The summed E-state index contributed by atoms with van der Waals surface area (Å²) in [4.78, 5) is 47.9. The van der Waals surface area contributed by atoms with Crippen LogP contribution in [0.25, 0.3) is 0 Å². The number of carbonyl (C=O) groups is 3. The average Bonchev–Trinajstić information content (AvgIpc) is 2.99. The summed E-state index contributed by atoms with van der Waals surface area (Å²) in [6.07, 6.45) is 0.274. The number of rotatable bonds is 10. The van der Waals surface area contributed by atoms with E-state index < -0.39 is 28.9 Å². The van der Waals surface area contributed by atoms with Crippen LogP contribution in [-0.4, -0.2) is 35.1 Å². The van der Waals surface area contributed by atoms with Crippen LogP contribution in [0.5, 0.6) is 17.2 Å². The Hall–Kier alpha value is -5.84. The van der Waals surface area contributed by atoms with Crippen molar-refractivity contribution >= 4 is 29.7 Å². The molecular weight excluding hydrogens is 530 g/mol. The topological polar surface area (TPSA) is 146 Å². The molecule has 4 aromatic carbocycles. The van der Waals surface area contributed by atoms with Crippen molar-refractivity contribution in [2.24, 2.45) is 5.10 Å². The normalized spacial score (nSPS) is 11.3. The first kappa shape index (κ1) is 28.2. The Labute approximate surface area is 234 Å². The summed E-state index contributed by atoms with van der Waals surface area (Å²) in [5, 5.41) is 14.7. The zero-order chi connectivity index (χ0) is 29.2. The molecule has 41 heavy (non-hydrogen) atoms. The number of non-ortho nitro benzene ring substituents is 1. The lowest BCUT2D eigenvalue weighted by Gasteiger charge is -2.13. The van der Waals surface area contributed by atoms with Crippen LogP contribution in [0.3, 0.4) is 0 Å². The molecule has 0 radical (unpaired) electrons. The Balaban J connectivity index is 1.47. The number of nitro benzene ring substituents is 1. The van der Waals surface area contributed by atoms with Gasteiger partial charge < -0.3 is 14.2 Å². The van der Waals surface area contributed by atoms with E-state index in [0.29, 0.717) is 16.7 Å². The summed E-state index contributed by atoms with van der Waals surface area (Å²) in [7, 11) is 0. The molecular formula is C30H23N3O8. The molecule has 4 rings (SSSR count). The summed E-state index contributed by atoms with van der Waals surface area (Å²) in [5.41, 5.74) is 3.17. The van der Waals surface area contributed by atoms with Crippen LogP contribution in [0.4, 0.5) is 5.69 Å². The number of esters is 2. The second-order valence-corrected chi connectivity index (χ2v) is 8.46. The number of hydrogen-bond acceptors (Lipinski definition) is 9. The Morgan fingerprint density at radius 1 is 0.805 bits per heavy atom. The van der Waals surface area contributed by atoms with Gasteiger partial charge in [0.25, 0.3) is 11.6 Å². The molecule has 0 spiro atoms. The number of nitro groups is 1. The van der Waals surface area contributed by atoms with Crippen molar-refractivity contribution in [1.29, 1.82) is 0 Å². The average molecular weight is 554 g/mol. The molecule has 0 heterocycles. The SMILES string of the molecule is CC(Oc1ccc([N+](=O)[O-])cc1)C(=O)N/N=C/c1ccc(OC(=O)c2ccccc2)cc1OC(=O)c1ccccc1. The second kappa shape index (κ2) is 13.3. The van der Waals surface area contributed by atoms with E-state index in [2.05, 4.69) is 10.5 Å². The largest absolute Gasteiger partial charge is 0.481 e. The predicted molar refractivity (Wildman–Crippen MR) is 148 cm³/mol. The minimum absolute atomic E-state index is 0.0328. The van der Waals surface area contributed by atoms with Crippen LogP contribution in [0.1, 0.15) is 33.2 Å². The first-order valence-electron chi connectivity index (χ1n) is 12.2. The highest BCUT2D eigenvalue weighted by Crippen LogP contribution is 2.26. The van der Waals surface area contributed by atoms with Crippen LogP contribution in [0.15, 0.2) is 108 Å². The fourth-order valence-electron chi connectivity index (χ4n) is 3.41. The van der Waals surface area contributed by atoms with E-state index in [0.717, 1.165) is 0 Å². The fraction of sp³-hybridized carbons (Fsp3) is 0.0667. The molecule has 206 valence electrons. The van der Waals surface area contributed by atoms with Crippen molar-refractivity contribution in [3.63, 3.8) is 0 Å². The molecule has 0 aromatic heterocycles. The number of nitrogens with zero attached hydrogens (tertiary/aromatic N) is 2. The summed E-state index contributed by atoms with van der Waals surface area (Å²) < 4.78 is 16.5. The third-order valence-electron chi connectivity index (χ3n) is 5.53. The maximum absolute atomic E-state index is 12.7. The van der Waals surface area contributed by atoms with E-state index in [1.54, 1.807) is 60.7 Å². The molecule has 1 N–H and O–H groups in total. The van der Waals surface area contributed by atoms with E-state index in [-0.39, 0.29) is 22.9 Å². The van der Waals surface area contributed by atoms with Gasteiger partial charge in [0.15, 0.2) is 6.10 Å². The van der Waals surface area contributed by atoms with E-state index in [1.165, 1.54) is 55.6 Å². The summed E-state index contributed by atoms with van der Waals surface area (Å²) in [6, 6.07) is 26.3. The monoisotopic (exact) mass is 553 g/mol. The molecule has 0 saturated carbocycles. The third kappa shape index (κ3) is 7.83. The molecule has 0 saturated heterocycles. The fourth-order valence-corrected chi connectivity index (χ4v) is 3.41. The van der Waals surface area contributed by atoms with Crippen LogP contribution in [-0.2, 0) is 4.79 Å². The minimum Gasteiger partial charge on any atom is -0.481 e. The van der Waals surface area contributed by atoms with Crippen LogP contribution < -0.4 is 19.6 Å². The van der Waals surface area contributed by atoms with E-state index in [4.69, 9.17) is 14.2 Å². The maximum Gasteiger partial charge on any atom is 0.343 e. The van der Waals surface area contributed by atoms with Gasteiger partial charge in [0.05, 0.1) is 22.3 Å². The lowest BCUT2D eigenvalue weighted by Crippen LogP contribution is -2.33. The predicted octanol–water partition coefficient (Wildman–Crippen LogP) is 4.95. The standard InChI is InChI=1S/C30H23N3O8/c1-20(39-25-16-13-24(14-17-25)33(37)38)28(34)32-31-19-23-12-15-26(40-29(35)21-8-4-2-5-9-21)18-27(23)41-30(36)22-10-6-3-7-11-22/h2-20H,1H3,(H,32,34)/b31-19+. The molecule has 0 bridgehead atoms. The number of carbonyl (C=O) groups excluding carboxylic acids is 3. The van der Waals surface area contributed by atoms with Crippen molar-refractivity contribution < 1.29 is 33.5 Å². The first-order chi connectivity index (χ1) is 19.8. The molecule has 0 aliphatic carbocycles. The van der Waals surface area contributed by atoms with Gasteiger partial charge >= 0.3 is 11.9 Å². The Bertz CT molecular complexity index is 1570. The summed E-state index contributed by atoms with van der Waals surface area (Å²) >= 11 is 0. The molecule has 11 heteroatoms. The maximum atomic E-state index is 12.7. The Morgan fingerprint density at radius 2 is 1.37 bits per heavy atom. The van der Waals surface area contributed by atoms with Gasteiger partial charge in [-0.2, -0.15) is 5.10 Å². The highest BCUT2D eigenvalue weighted by Gasteiger charge is 2.17. The van der Waals surface area contributed by atoms with Crippen molar-refractivity contribution in [1.82, 2.24) is 5.43 Å². The number of ether oxygens (including phenoxy) is 3. The lowest BCUT2D eigenvalue weighted by atomic mass is 10.2. The Kier molecular flexibility index (Phi) is 9.13. The smallest absolute Gasteiger partial charge is 0.343 e. The number of amides is 1. The van der Waals surface area contributed by atoms with Gasteiger partial charge in [-0.1, -0.05) is 36.4 Å². The molecule has 1 atom stereocenters. The van der Waals surface area contributed by atoms with Gasteiger partial charge in [-0.15, -0.1) is 0 Å². The first-order valence-corrected chi connectivity index (χ1v) is 12.2. The van der Waals surface area contributed by atoms with E-state index in [9.17, 15) is 24.5 Å². The molecule has 11 nitrogen and oxygen atoms in total. The van der Waals surface area contributed by atoms with Gasteiger partial charge in [0.2, 0.25) is 0 Å². The number of benzene rings is 4. The second-order valence-electron chi connectivity index (χ2n) is 8.46.